The summed E-state index contributed by atoms with van der Waals surface area (Å²) in [5.74, 6) is -0.302. The van der Waals surface area contributed by atoms with Crippen LogP contribution in [-0.4, -0.2) is 37.6 Å². The molecule has 0 aliphatic carbocycles. The largest absolute Gasteiger partial charge is 0.372 e. The molecular formula is C16H22N2O3. The van der Waals surface area contributed by atoms with E-state index in [1.807, 2.05) is 31.2 Å². The van der Waals surface area contributed by atoms with E-state index >= 15 is 0 Å². The van der Waals surface area contributed by atoms with Gasteiger partial charge in [-0.1, -0.05) is 17.7 Å². The normalized spacial score (nSPS) is 20.2. The molecule has 0 bridgehead atoms. The molecule has 21 heavy (non-hydrogen) atoms. The van der Waals surface area contributed by atoms with Gasteiger partial charge in [0.05, 0.1) is 0 Å². The van der Waals surface area contributed by atoms with Crippen molar-refractivity contribution in [2.24, 2.45) is 0 Å². The molecule has 0 spiro atoms. The monoisotopic (exact) mass is 290 g/mol. The number of benzene rings is 1. The summed E-state index contributed by atoms with van der Waals surface area (Å²) in [6.45, 7) is 4.37. The van der Waals surface area contributed by atoms with Gasteiger partial charge in [0.2, 0.25) is 11.8 Å². The van der Waals surface area contributed by atoms with E-state index in [2.05, 4.69) is 5.32 Å². The molecule has 1 aromatic rings. The van der Waals surface area contributed by atoms with Gasteiger partial charge in [0.1, 0.15) is 12.1 Å². The number of amides is 2. The van der Waals surface area contributed by atoms with Crippen LogP contribution in [0.3, 0.4) is 0 Å². The summed E-state index contributed by atoms with van der Waals surface area (Å²) >= 11 is 0. The van der Waals surface area contributed by atoms with E-state index < -0.39 is 12.1 Å². The first-order valence-electron chi connectivity index (χ1n) is 7.24. The number of carbonyl (C=O) groups excluding carboxylic acids is 2. The minimum atomic E-state index is -0.549. The van der Waals surface area contributed by atoms with Gasteiger partial charge in [0.15, 0.2) is 0 Å². The van der Waals surface area contributed by atoms with E-state index in [1.165, 1.54) is 7.11 Å². The number of piperidine rings is 1. The third kappa shape index (κ3) is 3.61. The Morgan fingerprint density at radius 1 is 1.38 bits per heavy atom. The van der Waals surface area contributed by atoms with Crippen LogP contribution in [-0.2, 0) is 14.3 Å². The third-order valence-corrected chi connectivity index (χ3v) is 3.82. The quantitative estimate of drug-likeness (QED) is 0.917. The molecule has 5 nitrogen and oxygen atoms in total. The van der Waals surface area contributed by atoms with E-state index in [1.54, 1.807) is 11.8 Å². The molecule has 1 fully saturated rings. The first-order chi connectivity index (χ1) is 10.0. The van der Waals surface area contributed by atoms with Crippen LogP contribution in [0.1, 0.15) is 25.3 Å². The molecule has 1 heterocycles. The van der Waals surface area contributed by atoms with Crippen LogP contribution in [0, 0.1) is 6.92 Å². The number of ether oxygens (including phenoxy) is 1. The Kier molecular flexibility index (Phi) is 4.96. The van der Waals surface area contributed by atoms with Crippen molar-refractivity contribution in [2.45, 2.75) is 38.8 Å². The van der Waals surface area contributed by atoms with Crippen molar-refractivity contribution >= 4 is 17.5 Å². The number of nitrogens with one attached hydrogen (secondary N) is 1. The fraction of sp³-hybridized carbons (Fsp3) is 0.500. The standard InChI is InChI=1S/C16H22N2O3/c1-11-6-8-13(9-7-11)18-10-4-5-14(16(18)20)17-15(19)12(2)21-3/h6-9,12,14H,4-5,10H2,1-3H3,(H,17,19). The number of aryl methyl sites for hydroxylation is 1. The second kappa shape index (κ2) is 6.72. The zero-order chi connectivity index (χ0) is 15.4. The molecule has 2 unspecified atom stereocenters. The van der Waals surface area contributed by atoms with Crippen LogP contribution >= 0.6 is 0 Å². The Bertz CT molecular complexity index is 513. The highest BCUT2D eigenvalue weighted by molar-refractivity contribution is 6.00. The SMILES string of the molecule is COC(C)C(=O)NC1CCCN(c2ccc(C)cc2)C1=O. The smallest absolute Gasteiger partial charge is 0.249 e. The lowest BCUT2D eigenvalue weighted by molar-refractivity contribution is -0.134. The minimum absolute atomic E-state index is 0.0539. The van der Waals surface area contributed by atoms with Crippen molar-refractivity contribution in [1.29, 1.82) is 0 Å². The molecule has 2 rings (SSSR count). The number of anilines is 1. The molecule has 2 amide bonds. The van der Waals surface area contributed by atoms with E-state index in [0.717, 1.165) is 17.7 Å². The zero-order valence-corrected chi connectivity index (χ0v) is 12.8. The molecule has 1 aliphatic heterocycles. The van der Waals surface area contributed by atoms with E-state index in [4.69, 9.17) is 4.74 Å². The lowest BCUT2D eigenvalue weighted by atomic mass is 10.0. The predicted octanol–water partition coefficient (Wildman–Crippen LogP) is 1.64. The van der Waals surface area contributed by atoms with Crippen molar-refractivity contribution in [2.75, 3.05) is 18.6 Å². The summed E-state index contributed by atoms with van der Waals surface area (Å²) < 4.78 is 4.98. The second-order valence-electron chi connectivity index (χ2n) is 5.41. The molecule has 0 saturated carbocycles. The molecule has 1 saturated heterocycles. The van der Waals surface area contributed by atoms with E-state index in [9.17, 15) is 9.59 Å². The predicted molar refractivity (Wildman–Crippen MR) is 81.2 cm³/mol. The van der Waals surface area contributed by atoms with Crippen molar-refractivity contribution in [3.8, 4) is 0 Å². The number of hydrogen-bond donors (Lipinski definition) is 1. The Morgan fingerprint density at radius 3 is 2.67 bits per heavy atom. The highest BCUT2D eigenvalue weighted by Crippen LogP contribution is 2.21. The molecule has 0 aromatic heterocycles. The van der Waals surface area contributed by atoms with Gasteiger partial charge in [0.25, 0.3) is 0 Å². The topological polar surface area (TPSA) is 58.6 Å². The van der Waals surface area contributed by atoms with Gasteiger partial charge in [-0.05, 0) is 38.8 Å². The molecule has 1 aromatic carbocycles. The number of nitrogens with zero attached hydrogens (tertiary/aromatic N) is 1. The molecule has 5 heteroatoms. The fourth-order valence-corrected chi connectivity index (χ4v) is 2.39. The van der Waals surface area contributed by atoms with Crippen LogP contribution in [0.4, 0.5) is 5.69 Å². The minimum Gasteiger partial charge on any atom is -0.372 e. The summed E-state index contributed by atoms with van der Waals surface area (Å²) in [5, 5.41) is 2.78. The highest BCUT2D eigenvalue weighted by atomic mass is 16.5. The maximum atomic E-state index is 12.5. The maximum Gasteiger partial charge on any atom is 0.249 e. The molecule has 2 atom stereocenters. The molecule has 1 N–H and O–H groups in total. The number of carbonyl (C=O) groups is 2. The average molecular weight is 290 g/mol. The second-order valence-corrected chi connectivity index (χ2v) is 5.41. The van der Waals surface area contributed by atoms with Crippen LogP contribution in [0.2, 0.25) is 0 Å². The van der Waals surface area contributed by atoms with Gasteiger partial charge in [-0.25, -0.2) is 0 Å². The third-order valence-electron chi connectivity index (χ3n) is 3.82. The van der Waals surface area contributed by atoms with E-state index in [0.29, 0.717) is 13.0 Å². The first-order valence-corrected chi connectivity index (χ1v) is 7.24. The van der Waals surface area contributed by atoms with Crippen molar-refractivity contribution < 1.29 is 14.3 Å². The van der Waals surface area contributed by atoms with Crippen LogP contribution in [0.25, 0.3) is 0 Å². The number of rotatable bonds is 4. The highest BCUT2D eigenvalue weighted by Gasteiger charge is 2.31. The van der Waals surface area contributed by atoms with Gasteiger partial charge in [-0.2, -0.15) is 0 Å². The van der Waals surface area contributed by atoms with E-state index in [-0.39, 0.29) is 11.8 Å². The van der Waals surface area contributed by atoms with Gasteiger partial charge < -0.3 is 15.0 Å². The summed E-state index contributed by atoms with van der Waals surface area (Å²) in [6.07, 6.45) is 0.988. The Balaban J connectivity index is 2.07. The van der Waals surface area contributed by atoms with Crippen molar-refractivity contribution in [3.63, 3.8) is 0 Å². The molecule has 114 valence electrons. The molecule has 0 radical (unpaired) electrons. The summed E-state index contributed by atoms with van der Waals surface area (Å²) in [6, 6.07) is 7.38. The average Bonchev–Trinajstić information content (AvgIpc) is 2.49. The van der Waals surface area contributed by atoms with Gasteiger partial charge in [-0.3, -0.25) is 9.59 Å². The fourth-order valence-electron chi connectivity index (χ4n) is 2.39. The van der Waals surface area contributed by atoms with Crippen molar-refractivity contribution in [3.05, 3.63) is 29.8 Å². The summed E-state index contributed by atoms with van der Waals surface area (Å²) in [5.41, 5.74) is 2.03. The lowest BCUT2D eigenvalue weighted by Crippen LogP contribution is -2.54. The van der Waals surface area contributed by atoms with Crippen molar-refractivity contribution in [1.82, 2.24) is 5.32 Å². The summed E-state index contributed by atoms with van der Waals surface area (Å²) in [7, 11) is 1.48. The summed E-state index contributed by atoms with van der Waals surface area (Å²) in [4.78, 5) is 26.1. The lowest BCUT2D eigenvalue weighted by Gasteiger charge is -2.33. The Labute approximate surface area is 125 Å². The van der Waals surface area contributed by atoms with Crippen LogP contribution in [0.15, 0.2) is 24.3 Å². The maximum absolute atomic E-state index is 12.5. The van der Waals surface area contributed by atoms with Crippen LogP contribution < -0.4 is 10.2 Å². The Hall–Kier alpha value is -1.88. The molecule has 1 aliphatic rings. The Morgan fingerprint density at radius 2 is 2.05 bits per heavy atom. The molecular weight excluding hydrogens is 268 g/mol. The number of hydrogen-bond acceptors (Lipinski definition) is 3. The first kappa shape index (κ1) is 15.5. The number of methoxy groups -OCH3 is 1. The van der Waals surface area contributed by atoms with Gasteiger partial charge >= 0.3 is 0 Å². The van der Waals surface area contributed by atoms with Crippen LogP contribution in [0.5, 0.6) is 0 Å². The zero-order valence-electron chi connectivity index (χ0n) is 12.8. The van der Waals surface area contributed by atoms with Gasteiger partial charge in [0, 0.05) is 19.3 Å². The van der Waals surface area contributed by atoms with Gasteiger partial charge in [-0.15, -0.1) is 0 Å².